The molecule has 1 aromatic rings. The molecule has 1 amide bonds. The van der Waals surface area contributed by atoms with Crippen molar-refractivity contribution < 1.29 is 9.53 Å². The van der Waals surface area contributed by atoms with Gasteiger partial charge in [-0.3, -0.25) is 4.79 Å². The standard InChI is InChI=1S/C17H23NO2/c1-13-5-7-15(8-6-13)20-16-9-11-18(12-10-16)17(19)14-3-2-4-14/h5-8,14,16H,2-4,9-12H2,1H3. The Kier molecular flexibility index (Phi) is 3.95. The van der Waals surface area contributed by atoms with Crippen LogP contribution in [0.1, 0.15) is 37.7 Å². The topological polar surface area (TPSA) is 29.5 Å². The number of rotatable bonds is 3. The van der Waals surface area contributed by atoms with Gasteiger partial charge in [0, 0.05) is 31.8 Å². The zero-order valence-corrected chi connectivity index (χ0v) is 12.2. The molecule has 0 aromatic heterocycles. The minimum absolute atomic E-state index is 0.253. The summed E-state index contributed by atoms with van der Waals surface area (Å²) in [6.07, 6.45) is 5.57. The van der Waals surface area contributed by atoms with Crippen LogP contribution in [0.15, 0.2) is 24.3 Å². The van der Waals surface area contributed by atoms with E-state index in [1.54, 1.807) is 0 Å². The second-order valence-corrected chi connectivity index (χ2v) is 6.08. The predicted octanol–water partition coefficient (Wildman–Crippen LogP) is 3.16. The maximum atomic E-state index is 12.2. The van der Waals surface area contributed by atoms with Gasteiger partial charge in [-0.2, -0.15) is 0 Å². The van der Waals surface area contributed by atoms with Gasteiger partial charge >= 0.3 is 0 Å². The van der Waals surface area contributed by atoms with E-state index in [0.29, 0.717) is 11.8 Å². The van der Waals surface area contributed by atoms with Gasteiger partial charge in [0.15, 0.2) is 0 Å². The van der Waals surface area contributed by atoms with E-state index >= 15 is 0 Å². The SMILES string of the molecule is Cc1ccc(OC2CCN(C(=O)C3CCC3)CC2)cc1. The van der Waals surface area contributed by atoms with Crippen molar-refractivity contribution in [1.82, 2.24) is 4.90 Å². The summed E-state index contributed by atoms with van der Waals surface area (Å²) in [6.45, 7) is 3.78. The summed E-state index contributed by atoms with van der Waals surface area (Å²) >= 11 is 0. The lowest BCUT2D eigenvalue weighted by molar-refractivity contribution is -0.140. The molecule has 1 aromatic carbocycles. The van der Waals surface area contributed by atoms with Gasteiger partial charge in [-0.15, -0.1) is 0 Å². The Hall–Kier alpha value is -1.51. The third kappa shape index (κ3) is 2.97. The molecule has 3 rings (SSSR count). The lowest BCUT2D eigenvalue weighted by atomic mass is 9.84. The van der Waals surface area contributed by atoms with Crippen LogP contribution in [-0.2, 0) is 4.79 Å². The van der Waals surface area contributed by atoms with Crippen LogP contribution in [0.2, 0.25) is 0 Å². The Morgan fingerprint density at radius 3 is 2.30 bits per heavy atom. The molecular weight excluding hydrogens is 250 g/mol. The number of aryl methyl sites for hydroxylation is 1. The number of hydrogen-bond donors (Lipinski definition) is 0. The highest BCUT2D eigenvalue weighted by Crippen LogP contribution is 2.29. The lowest BCUT2D eigenvalue weighted by Gasteiger charge is -2.36. The fourth-order valence-electron chi connectivity index (χ4n) is 2.92. The fourth-order valence-corrected chi connectivity index (χ4v) is 2.92. The molecule has 3 nitrogen and oxygen atoms in total. The second-order valence-electron chi connectivity index (χ2n) is 6.08. The van der Waals surface area contributed by atoms with Crippen LogP contribution in [0.4, 0.5) is 0 Å². The maximum absolute atomic E-state index is 12.2. The van der Waals surface area contributed by atoms with E-state index in [0.717, 1.165) is 44.5 Å². The van der Waals surface area contributed by atoms with Crippen molar-refractivity contribution in [2.45, 2.75) is 45.1 Å². The molecule has 1 saturated heterocycles. The Morgan fingerprint density at radius 2 is 1.75 bits per heavy atom. The van der Waals surface area contributed by atoms with E-state index in [-0.39, 0.29) is 6.10 Å². The zero-order chi connectivity index (χ0) is 13.9. The van der Waals surface area contributed by atoms with E-state index in [9.17, 15) is 4.79 Å². The molecule has 1 heterocycles. The van der Waals surface area contributed by atoms with Gasteiger partial charge in [-0.05, 0) is 31.9 Å². The van der Waals surface area contributed by atoms with Crippen molar-refractivity contribution in [3.05, 3.63) is 29.8 Å². The molecular formula is C17H23NO2. The van der Waals surface area contributed by atoms with E-state index in [1.807, 2.05) is 17.0 Å². The molecule has 0 bridgehead atoms. The van der Waals surface area contributed by atoms with Crippen molar-refractivity contribution >= 4 is 5.91 Å². The molecule has 2 aliphatic rings. The number of benzene rings is 1. The largest absolute Gasteiger partial charge is 0.490 e. The van der Waals surface area contributed by atoms with E-state index in [4.69, 9.17) is 4.74 Å². The normalized spacial score (nSPS) is 20.6. The average Bonchev–Trinajstić information content (AvgIpc) is 2.40. The Bertz CT molecular complexity index is 456. The summed E-state index contributed by atoms with van der Waals surface area (Å²) in [4.78, 5) is 14.2. The summed E-state index contributed by atoms with van der Waals surface area (Å²) in [6, 6.07) is 8.21. The third-order valence-corrected chi connectivity index (χ3v) is 4.53. The highest BCUT2D eigenvalue weighted by molar-refractivity contribution is 5.79. The Balaban J connectivity index is 1.48. The molecule has 20 heavy (non-hydrogen) atoms. The lowest BCUT2D eigenvalue weighted by Crippen LogP contribution is -2.45. The molecule has 0 spiro atoms. The minimum Gasteiger partial charge on any atom is -0.490 e. The number of hydrogen-bond acceptors (Lipinski definition) is 2. The van der Waals surface area contributed by atoms with Crippen LogP contribution >= 0.6 is 0 Å². The smallest absolute Gasteiger partial charge is 0.225 e. The highest BCUT2D eigenvalue weighted by atomic mass is 16.5. The summed E-state index contributed by atoms with van der Waals surface area (Å²) < 4.78 is 6.00. The predicted molar refractivity (Wildman–Crippen MR) is 78.8 cm³/mol. The fraction of sp³-hybridized carbons (Fsp3) is 0.588. The molecule has 3 heteroatoms. The van der Waals surface area contributed by atoms with E-state index < -0.39 is 0 Å². The van der Waals surface area contributed by atoms with Crippen molar-refractivity contribution in [1.29, 1.82) is 0 Å². The molecule has 1 saturated carbocycles. The first kappa shape index (κ1) is 13.5. The highest BCUT2D eigenvalue weighted by Gasteiger charge is 2.31. The average molecular weight is 273 g/mol. The van der Waals surface area contributed by atoms with Gasteiger partial charge in [0.25, 0.3) is 0 Å². The van der Waals surface area contributed by atoms with Crippen molar-refractivity contribution in [3.8, 4) is 5.75 Å². The first-order valence-corrected chi connectivity index (χ1v) is 7.74. The van der Waals surface area contributed by atoms with Crippen LogP contribution in [-0.4, -0.2) is 30.0 Å². The first-order valence-electron chi connectivity index (χ1n) is 7.74. The van der Waals surface area contributed by atoms with Crippen LogP contribution < -0.4 is 4.74 Å². The van der Waals surface area contributed by atoms with Crippen molar-refractivity contribution in [2.24, 2.45) is 5.92 Å². The van der Waals surface area contributed by atoms with Crippen molar-refractivity contribution in [3.63, 3.8) is 0 Å². The van der Waals surface area contributed by atoms with Crippen LogP contribution in [0.5, 0.6) is 5.75 Å². The summed E-state index contributed by atoms with van der Waals surface area (Å²) in [5.41, 5.74) is 1.25. The number of piperidine rings is 1. The zero-order valence-electron chi connectivity index (χ0n) is 12.2. The number of carbonyl (C=O) groups excluding carboxylic acids is 1. The number of amides is 1. The van der Waals surface area contributed by atoms with Gasteiger partial charge in [0.05, 0.1) is 0 Å². The van der Waals surface area contributed by atoms with Gasteiger partial charge in [0.1, 0.15) is 11.9 Å². The monoisotopic (exact) mass is 273 g/mol. The molecule has 1 aliphatic carbocycles. The summed E-state index contributed by atoms with van der Waals surface area (Å²) in [5.74, 6) is 1.65. The van der Waals surface area contributed by atoms with Crippen LogP contribution in [0.25, 0.3) is 0 Å². The van der Waals surface area contributed by atoms with Crippen LogP contribution in [0.3, 0.4) is 0 Å². The molecule has 0 radical (unpaired) electrons. The van der Waals surface area contributed by atoms with E-state index in [2.05, 4.69) is 19.1 Å². The molecule has 1 aliphatic heterocycles. The van der Waals surface area contributed by atoms with Gasteiger partial charge in [-0.1, -0.05) is 24.1 Å². The first-order chi connectivity index (χ1) is 9.72. The summed E-state index contributed by atoms with van der Waals surface area (Å²) in [5, 5.41) is 0. The second kappa shape index (κ2) is 5.86. The molecule has 0 unspecified atom stereocenters. The van der Waals surface area contributed by atoms with Crippen LogP contribution in [0, 0.1) is 12.8 Å². The Labute approximate surface area is 120 Å². The number of likely N-dealkylation sites (tertiary alicyclic amines) is 1. The molecule has 0 N–H and O–H groups in total. The van der Waals surface area contributed by atoms with Gasteiger partial charge in [0.2, 0.25) is 5.91 Å². The molecule has 108 valence electrons. The minimum atomic E-state index is 0.253. The maximum Gasteiger partial charge on any atom is 0.225 e. The van der Waals surface area contributed by atoms with Gasteiger partial charge in [-0.25, -0.2) is 0 Å². The number of nitrogens with zero attached hydrogens (tertiary/aromatic N) is 1. The summed E-state index contributed by atoms with van der Waals surface area (Å²) in [7, 11) is 0. The third-order valence-electron chi connectivity index (χ3n) is 4.53. The number of carbonyl (C=O) groups is 1. The van der Waals surface area contributed by atoms with E-state index in [1.165, 1.54) is 12.0 Å². The number of ether oxygens (including phenoxy) is 1. The molecule has 0 atom stereocenters. The molecule has 2 fully saturated rings. The quantitative estimate of drug-likeness (QED) is 0.846. The van der Waals surface area contributed by atoms with Crippen molar-refractivity contribution in [2.75, 3.05) is 13.1 Å². The Morgan fingerprint density at radius 1 is 1.10 bits per heavy atom. The van der Waals surface area contributed by atoms with Gasteiger partial charge < -0.3 is 9.64 Å².